The topological polar surface area (TPSA) is 53.9 Å². The van der Waals surface area contributed by atoms with Crippen LogP contribution in [0, 0.1) is 6.92 Å². The fraction of sp³-hybridized carbons (Fsp3) is 0.471. The third-order valence-electron chi connectivity index (χ3n) is 4.39. The molecule has 3 heterocycles. The minimum Gasteiger partial charge on any atom is -0.355 e. The monoisotopic (exact) mass is 297 g/mol. The molecule has 0 saturated carbocycles. The zero-order valence-corrected chi connectivity index (χ0v) is 13.2. The molecule has 1 N–H and O–H groups in total. The molecule has 0 aromatic carbocycles. The largest absolute Gasteiger partial charge is 0.355 e. The first-order valence-electron chi connectivity index (χ1n) is 7.93. The highest BCUT2D eigenvalue weighted by Crippen LogP contribution is 2.21. The number of hydrogen-bond acceptors (Lipinski definition) is 5. The van der Waals surface area contributed by atoms with E-state index in [9.17, 15) is 0 Å². The van der Waals surface area contributed by atoms with Crippen LogP contribution in [0.4, 0.5) is 5.82 Å². The summed E-state index contributed by atoms with van der Waals surface area (Å²) in [5, 5.41) is 11.9. The number of pyridine rings is 1. The Balaban J connectivity index is 1.55. The second-order valence-corrected chi connectivity index (χ2v) is 5.96. The van der Waals surface area contributed by atoms with Crippen LogP contribution in [0.15, 0.2) is 36.8 Å². The SMILES string of the molecule is Cc1cnccc1C(C)NC1CCN(c2cccnn2)CC1. The number of hydrogen-bond donors (Lipinski definition) is 1. The van der Waals surface area contributed by atoms with Gasteiger partial charge in [0.2, 0.25) is 0 Å². The van der Waals surface area contributed by atoms with Crippen LogP contribution in [0.1, 0.15) is 36.9 Å². The summed E-state index contributed by atoms with van der Waals surface area (Å²) in [6.07, 6.45) is 7.79. The Kier molecular flexibility index (Phi) is 4.63. The lowest BCUT2D eigenvalue weighted by atomic mass is 10.00. The van der Waals surface area contributed by atoms with Crippen LogP contribution >= 0.6 is 0 Å². The molecule has 0 amide bonds. The van der Waals surface area contributed by atoms with E-state index in [4.69, 9.17) is 0 Å². The maximum atomic E-state index is 4.20. The number of nitrogens with one attached hydrogen (secondary N) is 1. The minimum absolute atomic E-state index is 0.357. The van der Waals surface area contributed by atoms with Crippen LogP contribution in [0.3, 0.4) is 0 Å². The fourth-order valence-electron chi connectivity index (χ4n) is 3.15. The van der Waals surface area contributed by atoms with Crippen LogP contribution in [-0.4, -0.2) is 34.3 Å². The molecular weight excluding hydrogens is 274 g/mol. The predicted molar refractivity (Wildman–Crippen MR) is 87.8 cm³/mol. The zero-order chi connectivity index (χ0) is 15.4. The van der Waals surface area contributed by atoms with Gasteiger partial charge in [-0.15, -0.1) is 5.10 Å². The van der Waals surface area contributed by atoms with Gasteiger partial charge in [0.25, 0.3) is 0 Å². The van der Waals surface area contributed by atoms with Crippen molar-refractivity contribution in [2.45, 2.75) is 38.8 Å². The van der Waals surface area contributed by atoms with E-state index in [1.807, 2.05) is 24.5 Å². The number of rotatable bonds is 4. The van der Waals surface area contributed by atoms with Crippen molar-refractivity contribution in [3.63, 3.8) is 0 Å². The van der Waals surface area contributed by atoms with E-state index >= 15 is 0 Å². The molecule has 1 aliphatic heterocycles. The van der Waals surface area contributed by atoms with Crippen molar-refractivity contribution in [1.82, 2.24) is 20.5 Å². The molecule has 1 unspecified atom stereocenters. The number of anilines is 1. The first kappa shape index (κ1) is 14.9. The second kappa shape index (κ2) is 6.83. The van der Waals surface area contributed by atoms with Crippen LogP contribution in [0.25, 0.3) is 0 Å². The zero-order valence-electron chi connectivity index (χ0n) is 13.2. The molecule has 0 spiro atoms. The number of aromatic nitrogens is 3. The molecule has 5 heteroatoms. The molecule has 22 heavy (non-hydrogen) atoms. The van der Waals surface area contributed by atoms with Gasteiger partial charge in [0.15, 0.2) is 5.82 Å². The van der Waals surface area contributed by atoms with Crippen LogP contribution in [0.2, 0.25) is 0 Å². The normalized spacial score (nSPS) is 17.5. The van der Waals surface area contributed by atoms with Gasteiger partial charge >= 0.3 is 0 Å². The lowest BCUT2D eigenvalue weighted by Gasteiger charge is -2.34. The van der Waals surface area contributed by atoms with Gasteiger partial charge < -0.3 is 10.2 Å². The Hall–Kier alpha value is -2.01. The van der Waals surface area contributed by atoms with Gasteiger partial charge in [0.05, 0.1) is 0 Å². The van der Waals surface area contributed by atoms with Gasteiger partial charge in [0.1, 0.15) is 0 Å². The number of nitrogens with zero attached hydrogens (tertiary/aromatic N) is 4. The molecule has 5 nitrogen and oxygen atoms in total. The molecule has 1 aliphatic rings. The maximum absolute atomic E-state index is 4.20. The Morgan fingerprint density at radius 2 is 2.05 bits per heavy atom. The van der Waals surface area contributed by atoms with Crippen molar-refractivity contribution in [1.29, 1.82) is 0 Å². The molecule has 0 aliphatic carbocycles. The highest BCUT2D eigenvalue weighted by molar-refractivity contribution is 5.36. The third-order valence-corrected chi connectivity index (χ3v) is 4.39. The van der Waals surface area contributed by atoms with E-state index in [0.29, 0.717) is 12.1 Å². The van der Waals surface area contributed by atoms with E-state index in [1.54, 1.807) is 6.20 Å². The molecule has 2 aromatic rings. The second-order valence-electron chi connectivity index (χ2n) is 5.96. The molecule has 2 aromatic heterocycles. The molecular formula is C17H23N5. The minimum atomic E-state index is 0.357. The summed E-state index contributed by atoms with van der Waals surface area (Å²) in [4.78, 5) is 6.48. The standard InChI is InChI=1S/C17H23N5/c1-13-12-18-9-5-16(13)14(2)20-15-6-10-22(11-7-15)17-4-3-8-19-21-17/h3-5,8-9,12,14-15,20H,6-7,10-11H2,1-2H3. The summed E-state index contributed by atoms with van der Waals surface area (Å²) in [6, 6.07) is 7.00. The molecule has 1 atom stereocenters. The van der Waals surface area contributed by atoms with Gasteiger partial charge in [-0.25, -0.2) is 0 Å². The predicted octanol–water partition coefficient (Wildman–Crippen LogP) is 2.50. The fourth-order valence-corrected chi connectivity index (χ4v) is 3.15. The van der Waals surface area contributed by atoms with E-state index in [0.717, 1.165) is 31.7 Å². The summed E-state index contributed by atoms with van der Waals surface area (Å²) < 4.78 is 0. The summed E-state index contributed by atoms with van der Waals surface area (Å²) in [5.41, 5.74) is 2.59. The van der Waals surface area contributed by atoms with Gasteiger partial charge in [-0.3, -0.25) is 4.98 Å². The highest BCUT2D eigenvalue weighted by Gasteiger charge is 2.22. The lowest BCUT2D eigenvalue weighted by Crippen LogP contribution is -2.43. The Labute approximate surface area is 131 Å². The van der Waals surface area contributed by atoms with Crippen molar-refractivity contribution in [2.24, 2.45) is 0 Å². The summed E-state index contributed by atoms with van der Waals surface area (Å²) >= 11 is 0. The number of aryl methyl sites for hydroxylation is 1. The molecule has 1 saturated heterocycles. The summed E-state index contributed by atoms with van der Waals surface area (Å²) in [5.74, 6) is 0.985. The number of piperidine rings is 1. The maximum Gasteiger partial charge on any atom is 0.151 e. The smallest absolute Gasteiger partial charge is 0.151 e. The van der Waals surface area contributed by atoms with Crippen molar-refractivity contribution >= 4 is 5.82 Å². The van der Waals surface area contributed by atoms with Crippen LogP contribution in [-0.2, 0) is 0 Å². The molecule has 0 bridgehead atoms. The van der Waals surface area contributed by atoms with Gasteiger partial charge in [-0.1, -0.05) is 0 Å². The third kappa shape index (κ3) is 3.42. The highest BCUT2D eigenvalue weighted by atomic mass is 15.3. The Bertz CT molecular complexity index is 593. The average Bonchev–Trinajstić information content (AvgIpc) is 2.57. The quantitative estimate of drug-likeness (QED) is 0.939. The van der Waals surface area contributed by atoms with E-state index in [1.165, 1.54) is 11.1 Å². The van der Waals surface area contributed by atoms with Gasteiger partial charge in [0, 0.05) is 43.8 Å². The van der Waals surface area contributed by atoms with Crippen LogP contribution in [0.5, 0.6) is 0 Å². The average molecular weight is 297 g/mol. The van der Waals surface area contributed by atoms with Crippen molar-refractivity contribution in [3.8, 4) is 0 Å². The molecule has 0 radical (unpaired) electrons. The Morgan fingerprint density at radius 3 is 2.73 bits per heavy atom. The summed E-state index contributed by atoms with van der Waals surface area (Å²) in [6.45, 7) is 6.41. The molecule has 1 fully saturated rings. The van der Waals surface area contributed by atoms with Crippen LogP contribution < -0.4 is 10.2 Å². The summed E-state index contributed by atoms with van der Waals surface area (Å²) in [7, 11) is 0. The van der Waals surface area contributed by atoms with Crippen molar-refractivity contribution in [3.05, 3.63) is 47.9 Å². The first-order valence-corrected chi connectivity index (χ1v) is 7.93. The molecule has 116 valence electrons. The Morgan fingerprint density at radius 1 is 1.23 bits per heavy atom. The van der Waals surface area contributed by atoms with Gasteiger partial charge in [-0.2, -0.15) is 5.10 Å². The first-order chi connectivity index (χ1) is 10.7. The van der Waals surface area contributed by atoms with E-state index < -0.39 is 0 Å². The van der Waals surface area contributed by atoms with Crippen molar-refractivity contribution < 1.29 is 0 Å². The lowest BCUT2D eigenvalue weighted by molar-refractivity contribution is 0.379. The van der Waals surface area contributed by atoms with E-state index in [2.05, 4.69) is 45.3 Å². The van der Waals surface area contributed by atoms with Gasteiger partial charge in [-0.05, 0) is 56.0 Å². The van der Waals surface area contributed by atoms with Crippen molar-refractivity contribution in [2.75, 3.05) is 18.0 Å². The van der Waals surface area contributed by atoms with E-state index in [-0.39, 0.29) is 0 Å². The molecule has 3 rings (SSSR count).